The molecule has 0 fully saturated rings. The first kappa shape index (κ1) is 15.4. The molecule has 1 unspecified atom stereocenters. The summed E-state index contributed by atoms with van der Waals surface area (Å²) in [5, 5.41) is 9.98. The number of nitrogens with zero attached hydrogens (tertiary/aromatic N) is 2. The monoisotopic (exact) mass is 320 g/mol. The van der Waals surface area contributed by atoms with E-state index in [4.69, 9.17) is 0 Å². The Hall–Kier alpha value is -2.54. The average Bonchev–Trinajstić information content (AvgIpc) is 2.52. The first-order valence-electron chi connectivity index (χ1n) is 6.94. The van der Waals surface area contributed by atoms with Crippen LogP contribution in [-0.4, -0.2) is 28.2 Å². The largest absolute Gasteiger partial charge is 0.444 e. The minimum Gasteiger partial charge on any atom is -0.426 e. The van der Waals surface area contributed by atoms with Gasteiger partial charge in [0.2, 0.25) is 6.23 Å². The van der Waals surface area contributed by atoms with Crippen molar-refractivity contribution in [3.63, 3.8) is 0 Å². The molecule has 1 N–H and O–H groups in total. The maximum absolute atomic E-state index is 14.0. The second kappa shape index (κ2) is 5.58. The molecule has 0 saturated heterocycles. The molecule has 2 heterocycles. The Labute approximate surface area is 131 Å². The first-order valence-corrected chi connectivity index (χ1v) is 6.94. The molecule has 120 valence electrons. The van der Waals surface area contributed by atoms with Crippen molar-refractivity contribution in [2.75, 3.05) is 4.90 Å². The summed E-state index contributed by atoms with van der Waals surface area (Å²) in [5.74, 6) is -0.616. The van der Waals surface area contributed by atoms with E-state index in [1.54, 1.807) is 24.4 Å². The lowest BCUT2D eigenvalue weighted by Gasteiger charge is -2.40. The number of Topliss-reactive ketones (excluding diaryl/α,β-unsaturated/α-hetero) is 1. The Bertz CT molecular complexity index is 737. The van der Waals surface area contributed by atoms with Crippen molar-refractivity contribution in [1.29, 1.82) is 0 Å². The van der Waals surface area contributed by atoms with E-state index in [1.807, 2.05) is 0 Å². The maximum atomic E-state index is 14.0. The SMILES string of the molecule is CC(=O)c1cccc2c1OC(F)(F)C(O)N2Cc1cccnc1. The van der Waals surface area contributed by atoms with Crippen molar-refractivity contribution in [3.05, 3.63) is 53.9 Å². The quantitative estimate of drug-likeness (QED) is 0.881. The number of aliphatic hydroxyl groups excluding tert-OH is 1. The Morgan fingerprint density at radius 2 is 2.17 bits per heavy atom. The molecule has 0 amide bonds. The van der Waals surface area contributed by atoms with Gasteiger partial charge < -0.3 is 14.7 Å². The van der Waals surface area contributed by atoms with E-state index in [9.17, 15) is 18.7 Å². The molecular weight excluding hydrogens is 306 g/mol. The normalized spacial score (nSPS) is 19.0. The molecule has 0 bridgehead atoms. The summed E-state index contributed by atoms with van der Waals surface area (Å²) in [4.78, 5) is 16.7. The van der Waals surface area contributed by atoms with Crippen molar-refractivity contribution in [2.45, 2.75) is 25.8 Å². The number of hydrogen-bond acceptors (Lipinski definition) is 5. The molecule has 1 atom stereocenters. The number of halogens is 2. The number of pyridine rings is 1. The van der Waals surface area contributed by atoms with Crippen molar-refractivity contribution in [2.24, 2.45) is 0 Å². The fourth-order valence-electron chi connectivity index (χ4n) is 2.50. The number of anilines is 1. The molecule has 23 heavy (non-hydrogen) atoms. The molecule has 3 rings (SSSR count). The number of aliphatic hydroxyl groups is 1. The van der Waals surface area contributed by atoms with Gasteiger partial charge in [0.15, 0.2) is 11.5 Å². The minimum atomic E-state index is -3.83. The highest BCUT2D eigenvalue weighted by atomic mass is 19.3. The molecule has 0 aliphatic carbocycles. The Morgan fingerprint density at radius 1 is 1.39 bits per heavy atom. The molecule has 7 heteroatoms. The third-order valence-corrected chi connectivity index (χ3v) is 3.59. The van der Waals surface area contributed by atoms with Gasteiger partial charge in [0.1, 0.15) is 0 Å². The number of aromatic nitrogens is 1. The predicted octanol–water partition coefficient (Wildman–Crippen LogP) is 2.59. The van der Waals surface area contributed by atoms with Crippen molar-refractivity contribution in [1.82, 2.24) is 4.98 Å². The molecule has 0 radical (unpaired) electrons. The molecule has 0 spiro atoms. The van der Waals surface area contributed by atoms with E-state index in [-0.39, 0.29) is 23.5 Å². The summed E-state index contributed by atoms with van der Waals surface area (Å²) in [6.45, 7) is 1.27. The second-order valence-corrected chi connectivity index (χ2v) is 5.24. The fourth-order valence-corrected chi connectivity index (χ4v) is 2.50. The number of ether oxygens (including phenoxy) is 1. The molecule has 0 saturated carbocycles. The topological polar surface area (TPSA) is 62.7 Å². The van der Waals surface area contributed by atoms with E-state index < -0.39 is 18.1 Å². The maximum Gasteiger partial charge on any atom is 0.444 e. The highest BCUT2D eigenvalue weighted by Crippen LogP contribution is 2.44. The zero-order valence-corrected chi connectivity index (χ0v) is 12.2. The summed E-state index contributed by atoms with van der Waals surface area (Å²) in [6, 6.07) is 7.88. The lowest BCUT2D eigenvalue weighted by atomic mass is 10.1. The predicted molar refractivity (Wildman–Crippen MR) is 78.4 cm³/mol. The third kappa shape index (κ3) is 2.75. The molecule has 2 aromatic rings. The van der Waals surface area contributed by atoms with Gasteiger partial charge in [-0.1, -0.05) is 12.1 Å². The molecule has 1 aromatic carbocycles. The fraction of sp³-hybridized carbons (Fsp3) is 0.250. The van der Waals surface area contributed by atoms with Crippen LogP contribution in [0.1, 0.15) is 22.8 Å². The van der Waals surface area contributed by atoms with Gasteiger partial charge in [-0.15, -0.1) is 0 Å². The summed E-state index contributed by atoms with van der Waals surface area (Å²) >= 11 is 0. The summed E-state index contributed by atoms with van der Waals surface area (Å²) < 4.78 is 32.7. The number of fused-ring (bicyclic) bond motifs is 1. The van der Waals surface area contributed by atoms with Crippen LogP contribution in [0.3, 0.4) is 0 Å². The number of rotatable bonds is 3. The molecule has 1 aliphatic heterocycles. The van der Waals surface area contributed by atoms with E-state index in [0.717, 1.165) is 4.90 Å². The number of benzene rings is 1. The third-order valence-electron chi connectivity index (χ3n) is 3.59. The van der Waals surface area contributed by atoms with Crippen LogP contribution < -0.4 is 9.64 Å². The van der Waals surface area contributed by atoms with Crippen molar-refractivity contribution in [3.8, 4) is 5.75 Å². The van der Waals surface area contributed by atoms with E-state index in [0.29, 0.717) is 5.56 Å². The van der Waals surface area contributed by atoms with E-state index in [1.165, 1.54) is 25.3 Å². The molecule has 5 nitrogen and oxygen atoms in total. The van der Waals surface area contributed by atoms with Gasteiger partial charge in [-0.05, 0) is 30.7 Å². The summed E-state index contributed by atoms with van der Waals surface area (Å²) in [5.41, 5.74) is 0.925. The number of carbonyl (C=O) groups excluding carboxylic acids is 1. The molecule has 1 aliphatic rings. The highest BCUT2D eigenvalue weighted by molar-refractivity contribution is 5.99. The van der Waals surface area contributed by atoms with E-state index >= 15 is 0 Å². The Kier molecular flexibility index (Phi) is 3.73. The van der Waals surface area contributed by atoms with Gasteiger partial charge in [-0.25, -0.2) is 0 Å². The van der Waals surface area contributed by atoms with Gasteiger partial charge >= 0.3 is 6.11 Å². The van der Waals surface area contributed by atoms with Gasteiger partial charge in [-0.3, -0.25) is 9.78 Å². The highest BCUT2D eigenvalue weighted by Gasteiger charge is 2.50. The van der Waals surface area contributed by atoms with E-state index in [2.05, 4.69) is 9.72 Å². The Balaban J connectivity index is 2.09. The zero-order chi connectivity index (χ0) is 16.6. The molecule has 1 aromatic heterocycles. The van der Waals surface area contributed by atoms with Crippen LogP contribution in [-0.2, 0) is 6.54 Å². The Morgan fingerprint density at radius 3 is 2.83 bits per heavy atom. The smallest absolute Gasteiger partial charge is 0.426 e. The van der Waals surface area contributed by atoms with Crippen LogP contribution in [0, 0.1) is 0 Å². The van der Waals surface area contributed by atoms with Gasteiger partial charge in [0.25, 0.3) is 0 Å². The standard InChI is InChI=1S/C16H14F2N2O3/c1-10(21)12-5-2-6-13-14(12)23-16(17,18)15(22)20(13)9-11-4-3-7-19-8-11/h2-8,15,22H,9H2,1H3. The van der Waals surface area contributed by atoms with Crippen molar-refractivity contribution >= 4 is 11.5 Å². The van der Waals surface area contributed by atoms with Crippen LogP contribution in [0.4, 0.5) is 14.5 Å². The average molecular weight is 320 g/mol. The lowest BCUT2D eigenvalue weighted by molar-refractivity contribution is -0.245. The van der Waals surface area contributed by atoms with Gasteiger partial charge in [0.05, 0.1) is 11.3 Å². The summed E-state index contributed by atoms with van der Waals surface area (Å²) in [6.07, 6.45) is -2.91. The van der Waals surface area contributed by atoms with Crippen LogP contribution in [0.2, 0.25) is 0 Å². The van der Waals surface area contributed by atoms with Gasteiger partial charge in [-0.2, -0.15) is 8.78 Å². The van der Waals surface area contributed by atoms with Crippen molar-refractivity contribution < 1.29 is 23.4 Å². The number of hydrogen-bond donors (Lipinski definition) is 1. The van der Waals surface area contributed by atoms with Crippen LogP contribution in [0.15, 0.2) is 42.7 Å². The second-order valence-electron chi connectivity index (χ2n) is 5.24. The zero-order valence-electron chi connectivity index (χ0n) is 12.2. The van der Waals surface area contributed by atoms with Crippen LogP contribution in [0.5, 0.6) is 5.75 Å². The number of alkyl halides is 2. The first-order chi connectivity index (χ1) is 10.9. The minimum absolute atomic E-state index is 0.00230. The number of para-hydroxylation sites is 1. The van der Waals surface area contributed by atoms with Crippen LogP contribution >= 0.6 is 0 Å². The summed E-state index contributed by atoms with van der Waals surface area (Å²) in [7, 11) is 0. The van der Waals surface area contributed by atoms with Crippen LogP contribution in [0.25, 0.3) is 0 Å². The lowest BCUT2D eigenvalue weighted by Crippen LogP contribution is -2.54. The number of carbonyl (C=O) groups is 1. The number of ketones is 1. The molecular formula is C16H14F2N2O3. The van der Waals surface area contributed by atoms with Gasteiger partial charge in [0, 0.05) is 18.9 Å².